The Labute approximate surface area is 160 Å². The molecular formula is C20H14ClN3OS. The highest BCUT2D eigenvalue weighted by Crippen LogP contribution is 2.33. The van der Waals surface area contributed by atoms with Crippen LogP contribution in [0.3, 0.4) is 0 Å². The maximum atomic E-state index is 12.3. The molecule has 0 aliphatic carbocycles. The van der Waals surface area contributed by atoms with Crippen LogP contribution >= 0.6 is 23.4 Å². The smallest absolute Gasteiger partial charge is 0.264 e. The Kier molecular flexibility index (Phi) is 4.49. The van der Waals surface area contributed by atoms with E-state index in [0.29, 0.717) is 20.8 Å². The van der Waals surface area contributed by atoms with Gasteiger partial charge in [0.25, 0.3) is 5.91 Å². The number of aromatic nitrogens is 1. The highest BCUT2D eigenvalue weighted by atomic mass is 35.5. The molecule has 1 N–H and O–H groups in total. The van der Waals surface area contributed by atoms with E-state index >= 15 is 0 Å². The van der Waals surface area contributed by atoms with Gasteiger partial charge in [0.15, 0.2) is 5.17 Å². The van der Waals surface area contributed by atoms with E-state index in [0.717, 1.165) is 22.0 Å². The van der Waals surface area contributed by atoms with E-state index < -0.39 is 0 Å². The van der Waals surface area contributed by atoms with Gasteiger partial charge in [0.1, 0.15) is 0 Å². The van der Waals surface area contributed by atoms with Crippen LogP contribution in [0.15, 0.2) is 64.6 Å². The highest BCUT2D eigenvalue weighted by Gasteiger charge is 2.24. The van der Waals surface area contributed by atoms with Crippen molar-refractivity contribution in [3.63, 3.8) is 0 Å². The zero-order chi connectivity index (χ0) is 18.1. The molecular weight excluding hydrogens is 366 g/mol. The monoisotopic (exact) mass is 379 g/mol. The molecule has 3 aromatic rings. The number of nitrogens with zero attached hydrogens (tertiary/aromatic N) is 2. The van der Waals surface area contributed by atoms with E-state index in [4.69, 9.17) is 11.6 Å². The van der Waals surface area contributed by atoms with Crippen molar-refractivity contribution in [3.8, 4) is 0 Å². The number of rotatable bonds is 2. The van der Waals surface area contributed by atoms with E-state index in [-0.39, 0.29) is 5.91 Å². The van der Waals surface area contributed by atoms with Crippen molar-refractivity contribution in [2.24, 2.45) is 4.99 Å². The Hall–Kier alpha value is -2.63. The number of fused-ring (bicyclic) bond motifs is 1. The van der Waals surface area contributed by atoms with Gasteiger partial charge < -0.3 is 5.32 Å². The largest absolute Gasteiger partial charge is 0.300 e. The molecule has 1 fully saturated rings. The van der Waals surface area contributed by atoms with Crippen LogP contribution in [0, 0.1) is 6.92 Å². The third-order valence-corrected chi connectivity index (χ3v) is 5.19. The zero-order valence-electron chi connectivity index (χ0n) is 13.9. The Balaban J connectivity index is 1.65. The number of aliphatic imine (C=N–C) groups is 1. The maximum absolute atomic E-state index is 12.3. The van der Waals surface area contributed by atoms with Crippen molar-refractivity contribution in [2.75, 3.05) is 0 Å². The summed E-state index contributed by atoms with van der Waals surface area (Å²) in [6.45, 7) is 1.94. The first-order chi connectivity index (χ1) is 12.6. The molecule has 0 spiro atoms. The number of benzene rings is 2. The van der Waals surface area contributed by atoms with E-state index in [1.165, 1.54) is 11.8 Å². The van der Waals surface area contributed by atoms with Gasteiger partial charge in [-0.3, -0.25) is 9.78 Å². The van der Waals surface area contributed by atoms with Crippen LogP contribution in [0.25, 0.3) is 17.0 Å². The van der Waals surface area contributed by atoms with Gasteiger partial charge in [-0.2, -0.15) is 0 Å². The topological polar surface area (TPSA) is 54.4 Å². The van der Waals surface area contributed by atoms with Crippen LogP contribution in [0.1, 0.15) is 11.1 Å². The van der Waals surface area contributed by atoms with Crippen LogP contribution in [0.2, 0.25) is 5.02 Å². The predicted molar refractivity (Wildman–Crippen MR) is 109 cm³/mol. The molecule has 128 valence electrons. The van der Waals surface area contributed by atoms with Crippen molar-refractivity contribution in [1.29, 1.82) is 0 Å². The molecule has 1 amide bonds. The molecule has 26 heavy (non-hydrogen) atoms. The lowest BCUT2D eigenvalue weighted by atomic mass is 10.1. The SMILES string of the molecule is Cc1cccc(Cl)c1N=C1NC(=O)/C(=C/c2ccc3ncccc3c2)S1. The van der Waals surface area contributed by atoms with Crippen molar-refractivity contribution in [2.45, 2.75) is 6.92 Å². The Morgan fingerprint density at radius 3 is 2.92 bits per heavy atom. The number of carbonyl (C=O) groups excluding carboxylic acids is 1. The lowest BCUT2D eigenvalue weighted by molar-refractivity contribution is -0.115. The summed E-state index contributed by atoms with van der Waals surface area (Å²) in [5.74, 6) is -0.162. The van der Waals surface area contributed by atoms with Crippen molar-refractivity contribution >= 4 is 57.1 Å². The van der Waals surface area contributed by atoms with Crippen LogP contribution in [0.4, 0.5) is 5.69 Å². The molecule has 4 rings (SSSR count). The van der Waals surface area contributed by atoms with Gasteiger partial charge in [0.05, 0.1) is 21.1 Å². The summed E-state index contributed by atoms with van der Waals surface area (Å²) in [5.41, 5.74) is 3.50. The molecule has 6 heteroatoms. The number of amidine groups is 1. The molecule has 4 nitrogen and oxygen atoms in total. The standard InChI is InChI=1S/C20H14ClN3OS/c1-12-4-2-6-15(21)18(12)23-20-24-19(25)17(26-20)11-13-7-8-16-14(10-13)5-3-9-22-16/h2-11H,1H3,(H,23,24,25)/b17-11-. The van der Waals surface area contributed by atoms with Gasteiger partial charge in [0, 0.05) is 11.6 Å². The van der Waals surface area contributed by atoms with Crippen LogP contribution in [-0.2, 0) is 4.79 Å². The maximum Gasteiger partial charge on any atom is 0.264 e. The summed E-state index contributed by atoms with van der Waals surface area (Å²) in [5, 5.41) is 4.92. The van der Waals surface area contributed by atoms with Gasteiger partial charge in [-0.05, 0) is 60.2 Å². The van der Waals surface area contributed by atoms with Gasteiger partial charge in [-0.1, -0.05) is 35.9 Å². The quantitative estimate of drug-likeness (QED) is 0.631. The third kappa shape index (κ3) is 3.36. The number of amides is 1. The lowest BCUT2D eigenvalue weighted by Gasteiger charge is -2.03. The average Bonchev–Trinajstić information content (AvgIpc) is 2.97. The highest BCUT2D eigenvalue weighted by molar-refractivity contribution is 8.18. The Bertz CT molecular complexity index is 1070. The number of thioether (sulfide) groups is 1. The molecule has 1 saturated heterocycles. The van der Waals surface area contributed by atoms with Gasteiger partial charge in [-0.15, -0.1) is 0 Å². The first-order valence-electron chi connectivity index (χ1n) is 8.00. The minimum atomic E-state index is -0.162. The second-order valence-electron chi connectivity index (χ2n) is 5.84. The summed E-state index contributed by atoms with van der Waals surface area (Å²) in [4.78, 5) is 21.7. The van der Waals surface area contributed by atoms with Crippen molar-refractivity contribution < 1.29 is 4.79 Å². The molecule has 2 aromatic carbocycles. The van der Waals surface area contributed by atoms with Crippen LogP contribution < -0.4 is 5.32 Å². The van der Waals surface area contributed by atoms with E-state index in [1.807, 2.05) is 55.5 Å². The number of aryl methyl sites for hydroxylation is 1. The van der Waals surface area contributed by atoms with Gasteiger partial charge in [-0.25, -0.2) is 4.99 Å². The summed E-state index contributed by atoms with van der Waals surface area (Å²) in [7, 11) is 0. The van der Waals surface area contributed by atoms with Crippen LogP contribution in [0.5, 0.6) is 0 Å². The summed E-state index contributed by atoms with van der Waals surface area (Å²) >= 11 is 7.52. The number of nitrogens with one attached hydrogen (secondary N) is 1. The Morgan fingerprint density at radius 2 is 2.08 bits per heavy atom. The number of halogens is 1. The molecule has 1 aromatic heterocycles. The van der Waals surface area contributed by atoms with Crippen molar-refractivity contribution in [1.82, 2.24) is 10.3 Å². The Morgan fingerprint density at radius 1 is 1.19 bits per heavy atom. The molecule has 0 bridgehead atoms. The van der Waals surface area contributed by atoms with Gasteiger partial charge in [0.2, 0.25) is 0 Å². The molecule has 2 heterocycles. The van der Waals surface area contributed by atoms with E-state index in [1.54, 1.807) is 12.3 Å². The number of para-hydroxylation sites is 1. The number of pyridine rings is 1. The molecule has 1 aliphatic heterocycles. The summed E-state index contributed by atoms with van der Waals surface area (Å²) in [6.07, 6.45) is 3.62. The average molecular weight is 380 g/mol. The first-order valence-corrected chi connectivity index (χ1v) is 9.19. The van der Waals surface area contributed by atoms with E-state index in [9.17, 15) is 4.79 Å². The molecule has 0 radical (unpaired) electrons. The van der Waals surface area contributed by atoms with Crippen LogP contribution in [-0.4, -0.2) is 16.1 Å². The number of hydrogen-bond donors (Lipinski definition) is 1. The second-order valence-corrected chi connectivity index (χ2v) is 7.28. The normalized spacial score (nSPS) is 17.2. The molecule has 0 atom stereocenters. The minimum absolute atomic E-state index is 0.162. The molecule has 0 saturated carbocycles. The number of hydrogen-bond acceptors (Lipinski definition) is 4. The number of carbonyl (C=O) groups is 1. The minimum Gasteiger partial charge on any atom is -0.300 e. The van der Waals surface area contributed by atoms with Crippen molar-refractivity contribution in [3.05, 3.63) is 75.8 Å². The summed E-state index contributed by atoms with van der Waals surface area (Å²) < 4.78 is 0. The zero-order valence-corrected chi connectivity index (χ0v) is 15.4. The molecule has 1 aliphatic rings. The lowest BCUT2D eigenvalue weighted by Crippen LogP contribution is -2.19. The third-order valence-electron chi connectivity index (χ3n) is 3.98. The fourth-order valence-corrected chi connectivity index (χ4v) is 3.77. The second kappa shape index (κ2) is 6.94. The fourth-order valence-electron chi connectivity index (χ4n) is 2.68. The molecule has 0 unspecified atom stereocenters. The van der Waals surface area contributed by atoms with E-state index in [2.05, 4.69) is 15.3 Å². The predicted octanol–water partition coefficient (Wildman–Crippen LogP) is 5.09. The summed E-state index contributed by atoms with van der Waals surface area (Å²) in [6, 6.07) is 15.4. The van der Waals surface area contributed by atoms with Gasteiger partial charge >= 0.3 is 0 Å². The first kappa shape index (κ1) is 16.8. The fraction of sp³-hybridized carbons (Fsp3) is 0.0500.